The zero-order valence-electron chi connectivity index (χ0n) is 14.8. The van der Waals surface area contributed by atoms with Gasteiger partial charge in [0.1, 0.15) is 5.75 Å². The molecule has 0 saturated carbocycles. The summed E-state index contributed by atoms with van der Waals surface area (Å²) in [5.74, 6) is 2.67. The summed E-state index contributed by atoms with van der Waals surface area (Å²) < 4.78 is 21.4. The maximum atomic E-state index is 5.43. The lowest BCUT2D eigenvalue weighted by Crippen LogP contribution is -1.95. The van der Waals surface area contributed by atoms with Crippen LogP contribution in [0.5, 0.6) is 23.0 Å². The number of hydrogen-bond acceptors (Lipinski definition) is 4. The van der Waals surface area contributed by atoms with Crippen molar-refractivity contribution in [3.05, 3.63) is 48.7 Å². The minimum Gasteiger partial charge on any atom is -0.497 e. The van der Waals surface area contributed by atoms with Crippen molar-refractivity contribution in [3.8, 4) is 45.4 Å². The van der Waals surface area contributed by atoms with Gasteiger partial charge >= 0.3 is 0 Å². The van der Waals surface area contributed by atoms with E-state index in [1.807, 2.05) is 42.6 Å². The van der Waals surface area contributed by atoms with E-state index in [2.05, 4.69) is 11.1 Å². The van der Waals surface area contributed by atoms with Crippen LogP contribution in [0.1, 0.15) is 0 Å². The summed E-state index contributed by atoms with van der Waals surface area (Å²) in [6.45, 7) is 0. The van der Waals surface area contributed by atoms with E-state index in [1.54, 1.807) is 28.4 Å². The molecule has 0 atom stereocenters. The Hall–Kier alpha value is -3.08. The van der Waals surface area contributed by atoms with Gasteiger partial charge in [0.15, 0.2) is 11.5 Å². The summed E-state index contributed by atoms with van der Waals surface area (Å²) in [5.41, 5.74) is 4.11. The Kier molecular flexibility index (Phi) is 4.84. The zero-order valence-corrected chi connectivity index (χ0v) is 14.8. The minimum absolute atomic E-state index is 0.583. The van der Waals surface area contributed by atoms with Crippen LogP contribution in [-0.4, -0.2) is 33.4 Å². The highest BCUT2D eigenvalue weighted by molar-refractivity contribution is 5.75. The van der Waals surface area contributed by atoms with Crippen molar-refractivity contribution in [2.45, 2.75) is 0 Å². The molecule has 0 fully saturated rings. The molecule has 0 spiro atoms. The average Bonchev–Trinajstić information content (AvgIpc) is 3.17. The molecule has 0 amide bonds. The molecule has 0 aliphatic rings. The molecular formula is C20H21NO4. The van der Waals surface area contributed by atoms with E-state index in [-0.39, 0.29) is 0 Å². The average molecular weight is 339 g/mol. The second-order valence-electron chi connectivity index (χ2n) is 5.44. The van der Waals surface area contributed by atoms with E-state index >= 15 is 0 Å². The van der Waals surface area contributed by atoms with Crippen molar-refractivity contribution < 1.29 is 18.9 Å². The van der Waals surface area contributed by atoms with Gasteiger partial charge in [-0.05, 0) is 53.6 Å². The summed E-state index contributed by atoms with van der Waals surface area (Å²) in [4.78, 5) is 3.31. The molecule has 1 aromatic heterocycles. The number of benzene rings is 2. The first-order valence-electron chi connectivity index (χ1n) is 7.83. The van der Waals surface area contributed by atoms with Gasteiger partial charge < -0.3 is 23.9 Å². The highest BCUT2D eigenvalue weighted by atomic mass is 16.5. The molecule has 0 bridgehead atoms. The molecule has 130 valence electrons. The van der Waals surface area contributed by atoms with Crippen molar-refractivity contribution in [3.63, 3.8) is 0 Å². The van der Waals surface area contributed by atoms with E-state index in [9.17, 15) is 0 Å². The van der Waals surface area contributed by atoms with Crippen molar-refractivity contribution in [2.24, 2.45) is 0 Å². The quantitative estimate of drug-likeness (QED) is 0.724. The van der Waals surface area contributed by atoms with E-state index in [0.717, 1.165) is 28.1 Å². The van der Waals surface area contributed by atoms with Crippen LogP contribution in [0.25, 0.3) is 22.4 Å². The third-order valence-corrected chi connectivity index (χ3v) is 4.08. The Bertz CT molecular complexity index is 827. The van der Waals surface area contributed by atoms with Crippen LogP contribution in [0, 0.1) is 0 Å². The Morgan fingerprint density at radius 1 is 0.640 bits per heavy atom. The normalized spacial score (nSPS) is 10.4. The molecule has 0 aliphatic heterocycles. The molecule has 0 saturated heterocycles. The van der Waals surface area contributed by atoms with Crippen LogP contribution in [0.15, 0.2) is 48.7 Å². The van der Waals surface area contributed by atoms with Crippen molar-refractivity contribution in [1.82, 2.24) is 4.98 Å². The third-order valence-electron chi connectivity index (χ3n) is 4.08. The van der Waals surface area contributed by atoms with Crippen LogP contribution in [-0.2, 0) is 0 Å². The number of hydrogen-bond donors (Lipinski definition) is 1. The molecule has 3 rings (SSSR count). The molecule has 1 N–H and O–H groups in total. The van der Waals surface area contributed by atoms with Crippen LogP contribution in [0.4, 0.5) is 0 Å². The predicted molar refractivity (Wildman–Crippen MR) is 97.9 cm³/mol. The second-order valence-corrected chi connectivity index (χ2v) is 5.44. The number of rotatable bonds is 6. The standard InChI is InChI=1S/C20H21NO4/c1-22-16-7-5-13(6-8-16)17-9-15(12-21-17)14-10-18(23-2)20(25-4)19(11-14)24-3/h5-12,21H,1-4H3. The highest BCUT2D eigenvalue weighted by Crippen LogP contribution is 2.41. The summed E-state index contributed by atoms with van der Waals surface area (Å²) in [7, 11) is 6.48. The summed E-state index contributed by atoms with van der Waals surface area (Å²) >= 11 is 0. The molecule has 0 aliphatic carbocycles. The molecule has 2 aromatic carbocycles. The Morgan fingerprint density at radius 3 is 1.80 bits per heavy atom. The summed E-state index contributed by atoms with van der Waals surface area (Å²) in [6.07, 6.45) is 1.96. The van der Waals surface area contributed by atoms with Crippen LogP contribution >= 0.6 is 0 Å². The SMILES string of the molecule is COc1ccc(-c2cc(-c3cc(OC)c(OC)c(OC)c3)c[nH]2)cc1. The number of ether oxygens (including phenoxy) is 4. The molecule has 5 heteroatoms. The first-order valence-corrected chi connectivity index (χ1v) is 7.83. The Balaban J connectivity index is 1.98. The van der Waals surface area contributed by atoms with Gasteiger partial charge in [0.2, 0.25) is 5.75 Å². The highest BCUT2D eigenvalue weighted by Gasteiger charge is 2.15. The van der Waals surface area contributed by atoms with Crippen LogP contribution in [0.2, 0.25) is 0 Å². The molecule has 25 heavy (non-hydrogen) atoms. The Morgan fingerprint density at radius 2 is 1.28 bits per heavy atom. The summed E-state index contributed by atoms with van der Waals surface area (Å²) in [5, 5.41) is 0. The topological polar surface area (TPSA) is 52.7 Å². The maximum Gasteiger partial charge on any atom is 0.203 e. The van der Waals surface area contributed by atoms with Crippen molar-refractivity contribution in [2.75, 3.05) is 28.4 Å². The molecule has 3 aromatic rings. The monoisotopic (exact) mass is 339 g/mol. The van der Waals surface area contributed by atoms with E-state index in [1.165, 1.54) is 0 Å². The second kappa shape index (κ2) is 7.21. The lowest BCUT2D eigenvalue weighted by molar-refractivity contribution is 0.324. The van der Waals surface area contributed by atoms with Gasteiger partial charge in [-0.1, -0.05) is 0 Å². The van der Waals surface area contributed by atoms with Gasteiger partial charge in [-0.2, -0.15) is 0 Å². The summed E-state index contributed by atoms with van der Waals surface area (Å²) in [6, 6.07) is 13.9. The molecule has 5 nitrogen and oxygen atoms in total. The molecule has 1 heterocycles. The molecular weight excluding hydrogens is 318 g/mol. The van der Waals surface area contributed by atoms with Gasteiger partial charge in [0, 0.05) is 17.5 Å². The lowest BCUT2D eigenvalue weighted by Gasteiger charge is -2.13. The lowest BCUT2D eigenvalue weighted by atomic mass is 10.1. The van der Waals surface area contributed by atoms with Gasteiger partial charge in [-0.3, -0.25) is 0 Å². The smallest absolute Gasteiger partial charge is 0.203 e. The van der Waals surface area contributed by atoms with Gasteiger partial charge in [-0.15, -0.1) is 0 Å². The van der Waals surface area contributed by atoms with Crippen molar-refractivity contribution in [1.29, 1.82) is 0 Å². The predicted octanol–water partition coefficient (Wildman–Crippen LogP) is 4.38. The van der Waals surface area contributed by atoms with Gasteiger partial charge in [-0.25, -0.2) is 0 Å². The zero-order chi connectivity index (χ0) is 17.8. The number of aromatic amines is 1. The van der Waals surface area contributed by atoms with E-state index in [4.69, 9.17) is 18.9 Å². The molecule has 0 radical (unpaired) electrons. The van der Waals surface area contributed by atoms with Crippen LogP contribution in [0.3, 0.4) is 0 Å². The third kappa shape index (κ3) is 3.26. The van der Waals surface area contributed by atoms with Gasteiger partial charge in [0.25, 0.3) is 0 Å². The number of nitrogens with one attached hydrogen (secondary N) is 1. The number of aromatic nitrogens is 1. The first-order chi connectivity index (χ1) is 12.2. The first kappa shape index (κ1) is 16.8. The fourth-order valence-corrected chi connectivity index (χ4v) is 2.75. The minimum atomic E-state index is 0.583. The van der Waals surface area contributed by atoms with E-state index < -0.39 is 0 Å². The fraction of sp³-hybridized carbons (Fsp3) is 0.200. The van der Waals surface area contributed by atoms with Crippen LogP contribution < -0.4 is 18.9 Å². The van der Waals surface area contributed by atoms with Gasteiger partial charge in [0.05, 0.1) is 28.4 Å². The maximum absolute atomic E-state index is 5.43. The number of methoxy groups -OCH3 is 4. The Labute approximate surface area is 147 Å². The largest absolute Gasteiger partial charge is 0.497 e. The van der Waals surface area contributed by atoms with E-state index in [0.29, 0.717) is 17.2 Å². The molecule has 0 unspecified atom stereocenters. The fourth-order valence-electron chi connectivity index (χ4n) is 2.75. The number of H-pyrrole nitrogens is 1. The van der Waals surface area contributed by atoms with Crippen molar-refractivity contribution >= 4 is 0 Å².